The molecule has 0 amide bonds. The van der Waals surface area contributed by atoms with Crippen molar-refractivity contribution in [1.29, 1.82) is 0 Å². The van der Waals surface area contributed by atoms with Gasteiger partial charge in [0.05, 0.1) is 9.82 Å². The Morgan fingerprint density at radius 1 is 1.22 bits per heavy atom. The second-order valence-electron chi connectivity index (χ2n) is 3.16. The lowest BCUT2D eigenvalue weighted by Gasteiger charge is -2.01. The highest BCUT2D eigenvalue weighted by molar-refractivity contribution is 7.99. The van der Waals surface area contributed by atoms with Crippen LogP contribution in [-0.4, -0.2) is 14.9 Å². The second kappa shape index (κ2) is 5.05. The summed E-state index contributed by atoms with van der Waals surface area (Å²) >= 11 is 0.789. The zero-order valence-electron chi connectivity index (χ0n) is 8.71. The lowest BCUT2D eigenvalue weighted by atomic mass is 10.3. The quantitative estimate of drug-likeness (QED) is 0.487. The molecule has 0 bridgehead atoms. The van der Waals surface area contributed by atoms with Crippen LogP contribution in [0.1, 0.15) is 0 Å². The molecule has 0 N–H and O–H groups in total. The molecule has 1 aromatic carbocycles. The van der Waals surface area contributed by atoms with Crippen LogP contribution in [0.3, 0.4) is 0 Å². The summed E-state index contributed by atoms with van der Waals surface area (Å²) in [6.45, 7) is 0. The molecule has 1 aromatic heterocycles. The molecule has 1 heterocycles. The Balaban J connectivity index is 2.23. The highest BCUT2D eigenvalue weighted by Gasteiger charge is 2.10. The van der Waals surface area contributed by atoms with Crippen molar-refractivity contribution in [2.24, 2.45) is 0 Å². The maximum absolute atomic E-state index is 13.3. The third-order valence-corrected chi connectivity index (χ3v) is 2.85. The van der Waals surface area contributed by atoms with Crippen LogP contribution in [0.25, 0.3) is 0 Å². The molecular formula is C10H5F2N3O2S. The topological polar surface area (TPSA) is 68.9 Å². The average Bonchev–Trinajstić information content (AvgIpc) is 2.34. The van der Waals surface area contributed by atoms with Crippen molar-refractivity contribution in [3.63, 3.8) is 0 Å². The molecule has 0 saturated heterocycles. The molecule has 0 spiro atoms. The van der Waals surface area contributed by atoms with Crippen molar-refractivity contribution in [3.05, 3.63) is 52.3 Å². The van der Waals surface area contributed by atoms with E-state index in [1.54, 1.807) is 0 Å². The van der Waals surface area contributed by atoms with E-state index in [4.69, 9.17) is 0 Å². The lowest BCUT2D eigenvalue weighted by Crippen LogP contribution is -1.93. The van der Waals surface area contributed by atoms with Gasteiger partial charge >= 0.3 is 5.69 Å². The van der Waals surface area contributed by atoms with Gasteiger partial charge in [-0.05, 0) is 30.0 Å². The highest BCUT2D eigenvalue weighted by Crippen LogP contribution is 2.27. The molecule has 0 radical (unpaired) electrons. The van der Waals surface area contributed by atoms with Crippen molar-refractivity contribution in [2.45, 2.75) is 10.1 Å². The highest BCUT2D eigenvalue weighted by atomic mass is 32.2. The summed E-state index contributed by atoms with van der Waals surface area (Å²) in [7, 11) is 0. The number of hydrogen-bond donors (Lipinski definition) is 0. The molecule has 0 aliphatic rings. The van der Waals surface area contributed by atoms with Gasteiger partial charge in [0.25, 0.3) is 0 Å². The molecule has 8 heteroatoms. The first-order chi connectivity index (χ1) is 8.56. The van der Waals surface area contributed by atoms with Gasteiger partial charge in [-0.2, -0.15) is 0 Å². The Morgan fingerprint density at radius 3 is 2.50 bits per heavy atom. The number of benzene rings is 1. The fourth-order valence-corrected chi connectivity index (χ4v) is 1.85. The molecule has 2 aromatic rings. The third-order valence-electron chi connectivity index (χ3n) is 1.92. The molecule has 18 heavy (non-hydrogen) atoms. The fraction of sp³-hybridized carbons (Fsp3) is 0. The fourth-order valence-electron chi connectivity index (χ4n) is 1.11. The minimum atomic E-state index is -0.642. The minimum absolute atomic E-state index is 0.0175. The maximum atomic E-state index is 13.3. The van der Waals surface area contributed by atoms with Crippen molar-refractivity contribution in [1.82, 2.24) is 9.97 Å². The Bertz CT molecular complexity index is 592. The van der Waals surface area contributed by atoms with Crippen molar-refractivity contribution in [3.8, 4) is 0 Å². The standard InChI is InChI=1S/C10H5F2N3O2S/c11-6-1-2-8(12)9(3-6)18-10-13-4-7(5-14-10)15(16)17/h1-5H. The smallest absolute Gasteiger partial charge is 0.258 e. The summed E-state index contributed by atoms with van der Waals surface area (Å²) in [5.74, 6) is -1.19. The normalized spacial score (nSPS) is 10.3. The minimum Gasteiger partial charge on any atom is -0.258 e. The monoisotopic (exact) mass is 269 g/mol. The maximum Gasteiger partial charge on any atom is 0.305 e. The lowest BCUT2D eigenvalue weighted by molar-refractivity contribution is -0.385. The SMILES string of the molecule is O=[N+]([O-])c1cnc(Sc2cc(F)ccc2F)nc1. The van der Waals surface area contributed by atoms with Crippen LogP contribution >= 0.6 is 11.8 Å². The summed E-state index contributed by atoms with van der Waals surface area (Å²) in [6, 6.07) is 2.99. The molecular weight excluding hydrogens is 264 g/mol. The number of aromatic nitrogens is 2. The van der Waals surface area contributed by atoms with E-state index in [9.17, 15) is 18.9 Å². The molecule has 0 unspecified atom stereocenters. The third kappa shape index (κ3) is 2.77. The molecule has 0 aliphatic heterocycles. The zero-order chi connectivity index (χ0) is 13.1. The van der Waals surface area contributed by atoms with Crippen LogP contribution in [0.5, 0.6) is 0 Å². The Kier molecular flexibility index (Phi) is 3.47. The van der Waals surface area contributed by atoms with Crippen LogP contribution in [0.4, 0.5) is 14.5 Å². The van der Waals surface area contributed by atoms with Gasteiger partial charge in [-0.25, -0.2) is 18.7 Å². The number of rotatable bonds is 3. The van der Waals surface area contributed by atoms with Gasteiger partial charge in [0.1, 0.15) is 24.0 Å². The van der Waals surface area contributed by atoms with Gasteiger partial charge in [0.15, 0.2) is 5.16 Å². The summed E-state index contributed by atoms with van der Waals surface area (Å²) < 4.78 is 26.2. The van der Waals surface area contributed by atoms with Gasteiger partial charge in [-0.3, -0.25) is 10.1 Å². The Morgan fingerprint density at radius 2 is 1.89 bits per heavy atom. The van der Waals surface area contributed by atoms with E-state index in [1.165, 1.54) is 0 Å². The van der Waals surface area contributed by atoms with Crippen molar-refractivity contribution >= 4 is 17.4 Å². The van der Waals surface area contributed by atoms with Crippen molar-refractivity contribution < 1.29 is 13.7 Å². The molecule has 0 atom stereocenters. The van der Waals surface area contributed by atoms with E-state index < -0.39 is 16.6 Å². The van der Waals surface area contributed by atoms with Crippen LogP contribution < -0.4 is 0 Å². The summed E-state index contributed by atoms with van der Waals surface area (Å²) in [5.41, 5.74) is -0.265. The number of nitro groups is 1. The first kappa shape index (κ1) is 12.4. The van der Waals surface area contributed by atoms with Crippen molar-refractivity contribution in [2.75, 3.05) is 0 Å². The van der Waals surface area contributed by atoms with Gasteiger partial charge in [0, 0.05) is 0 Å². The Labute approximate surface area is 104 Å². The first-order valence-corrected chi connectivity index (χ1v) is 5.47. The molecule has 92 valence electrons. The molecule has 0 saturated carbocycles. The van der Waals surface area contributed by atoms with Crippen LogP contribution in [0.2, 0.25) is 0 Å². The largest absolute Gasteiger partial charge is 0.305 e. The van der Waals surface area contributed by atoms with Crippen LogP contribution in [-0.2, 0) is 0 Å². The van der Waals surface area contributed by atoms with E-state index in [0.717, 1.165) is 42.4 Å². The van der Waals surface area contributed by atoms with Crippen LogP contribution in [0.15, 0.2) is 40.6 Å². The number of hydrogen-bond acceptors (Lipinski definition) is 5. The molecule has 0 fully saturated rings. The molecule has 0 aliphatic carbocycles. The summed E-state index contributed by atoms with van der Waals surface area (Å²) in [5, 5.41) is 10.5. The summed E-state index contributed by atoms with van der Waals surface area (Å²) in [6.07, 6.45) is 2.01. The van der Waals surface area contributed by atoms with Gasteiger partial charge in [-0.1, -0.05) is 0 Å². The second-order valence-corrected chi connectivity index (χ2v) is 4.17. The number of halogens is 2. The molecule has 5 nitrogen and oxygen atoms in total. The predicted octanol–water partition coefficient (Wildman–Crippen LogP) is 2.81. The van der Waals surface area contributed by atoms with E-state index in [1.807, 2.05) is 0 Å². The van der Waals surface area contributed by atoms with E-state index in [-0.39, 0.29) is 15.7 Å². The van der Waals surface area contributed by atoms with Gasteiger partial charge in [-0.15, -0.1) is 0 Å². The van der Waals surface area contributed by atoms with Crippen LogP contribution in [0, 0.1) is 21.7 Å². The van der Waals surface area contributed by atoms with E-state index in [2.05, 4.69) is 9.97 Å². The zero-order valence-corrected chi connectivity index (χ0v) is 9.53. The first-order valence-electron chi connectivity index (χ1n) is 4.65. The average molecular weight is 269 g/mol. The summed E-state index contributed by atoms with van der Waals surface area (Å²) in [4.78, 5) is 17.1. The predicted molar refractivity (Wildman–Crippen MR) is 59.2 cm³/mol. The molecule has 2 rings (SSSR count). The van der Waals surface area contributed by atoms with Gasteiger partial charge < -0.3 is 0 Å². The number of nitrogens with zero attached hydrogens (tertiary/aromatic N) is 3. The Hall–Kier alpha value is -2.09. The van der Waals surface area contributed by atoms with E-state index in [0.29, 0.717) is 0 Å². The van der Waals surface area contributed by atoms with E-state index >= 15 is 0 Å². The van der Waals surface area contributed by atoms with Gasteiger partial charge in [0.2, 0.25) is 0 Å².